The fraction of sp³-hybridized carbons (Fsp3) is 0.333. The van der Waals surface area contributed by atoms with Crippen molar-refractivity contribution < 1.29 is 14.0 Å². The summed E-state index contributed by atoms with van der Waals surface area (Å²) in [7, 11) is 1.69. The summed E-state index contributed by atoms with van der Waals surface area (Å²) < 4.78 is 21.4. The molecule has 7 heteroatoms. The summed E-state index contributed by atoms with van der Waals surface area (Å²) in [4.78, 5) is 12.9. The molecule has 1 aliphatic carbocycles. The molecule has 3 aliphatic rings. The summed E-state index contributed by atoms with van der Waals surface area (Å²) in [6, 6.07) is 11.2. The molecule has 1 saturated heterocycles. The first-order valence-electron chi connectivity index (χ1n) is 11.7. The molecule has 6 rings (SSSR count). The van der Waals surface area contributed by atoms with Gasteiger partial charge >= 0.3 is 0 Å². The van der Waals surface area contributed by atoms with Gasteiger partial charge in [0.1, 0.15) is 11.6 Å². The van der Waals surface area contributed by atoms with Gasteiger partial charge in [-0.25, -0.2) is 9.37 Å². The molecule has 3 aromatic rings. The summed E-state index contributed by atoms with van der Waals surface area (Å²) >= 11 is 0. The number of amidine groups is 1. The molecule has 0 radical (unpaired) electrons. The first-order valence-corrected chi connectivity index (χ1v) is 11.7. The zero-order valence-corrected chi connectivity index (χ0v) is 19.4. The van der Waals surface area contributed by atoms with Crippen molar-refractivity contribution in [2.45, 2.75) is 38.2 Å². The van der Waals surface area contributed by atoms with Gasteiger partial charge in [0.15, 0.2) is 11.4 Å². The number of rotatable bonds is 3. The number of hydrogen-bond donors (Lipinski definition) is 0. The minimum absolute atomic E-state index is 0.191. The number of benzene rings is 2. The standard InChI is InChI=1S/C27H27FN4O2/c1-18-15-32(17-29-18)24-8-5-19(13-25(24)33-2)12-21-4-3-11-31-16-27(34-30-26(21)31)10-9-20-14-22(28)6-7-23(20)27/h5-8,12-15,17H,3-4,9-11,16H2,1-2H3/b21-12+. The number of piperidine rings is 1. The van der Waals surface area contributed by atoms with Crippen molar-refractivity contribution in [1.29, 1.82) is 0 Å². The van der Waals surface area contributed by atoms with Crippen LogP contribution in [0.2, 0.25) is 0 Å². The van der Waals surface area contributed by atoms with E-state index in [9.17, 15) is 4.39 Å². The average molecular weight is 459 g/mol. The van der Waals surface area contributed by atoms with E-state index in [2.05, 4.69) is 33.2 Å². The van der Waals surface area contributed by atoms with Crippen molar-refractivity contribution in [2.24, 2.45) is 5.16 Å². The fourth-order valence-corrected chi connectivity index (χ4v) is 5.45. The van der Waals surface area contributed by atoms with Crippen LogP contribution in [-0.2, 0) is 16.9 Å². The average Bonchev–Trinajstić information content (AvgIpc) is 3.42. The maximum Gasteiger partial charge on any atom is 0.180 e. The molecule has 2 aromatic carbocycles. The number of fused-ring (bicyclic) bond motifs is 3. The van der Waals surface area contributed by atoms with Crippen LogP contribution in [0.3, 0.4) is 0 Å². The molecule has 1 fully saturated rings. The summed E-state index contributed by atoms with van der Waals surface area (Å²) in [5, 5.41) is 4.63. The predicted molar refractivity (Wildman–Crippen MR) is 129 cm³/mol. The van der Waals surface area contributed by atoms with E-state index in [1.54, 1.807) is 19.5 Å². The van der Waals surface area contributed by atoms with E-state index >= 15 is 0 Å². The van der Waals surface area contributed by atoms with Gasteiger partial charge in [0.25, 0.3) is 0 Å². The number of halogens is 1. The van der Waals surface area contributed by atoms with Crippen molar-refractivity contribution in [3.8, 4) is 11.4 Å². The van der Waals surface area contributed by atoms with Crippen LogP contribution in [0.25, 0.3) is 11.8 Å². The zero-order valence-electron chi connectivity index (χ0n) is 19.4. The molecule has 3 heterocycles. The fourth-order valence-electron chi connectivity index (χ4n) is 5.45. The highest BCUT2D eigenvalue weighted by Crippen LogP contribution is 2.44. The molecule has 1 aromatic heterocycles. The monoisotopic (exact) mass is 458 g/mol. The second-order valence-corrected chi connectivity index (χ2v) is 9.35. The van der Waals surface area contributed by atoms with Crippen molar-refractivity contribution in [1.82, 2.24) is 14.5 Å². The molecule has 174 valence electrons. The molecule has 6 nitrogen and oxygen atoms in total. The van der Waals surface area contributed by atoms with Crippen molar-refractivity contribution in [3.05, 3.63) is 82.7 Å². The zero-order chi connectivity index (χ0) is 23.3. The maximum atomic E-state index is 13.7. The first kappa shape index (κ1) is 21.0. The molecule has 0 amide bonds. The van der Waals surface area contributed by atoms with Gasteiger partial charge in [0.05, 0.1) is 31.4 Å². The summed E-state index contributed by atoms with van der Waals surface area (Å²) in [5.41, 5.74) is 5.74. The molecule has 0 saturated carbocycles. The summed E-state index contributed by atoms with van der Waals surface area (Å²) in [5.74, 6) is 1.50. The van der Waals surface area contributed by atoms with Gasteiger partial charge in [-0.2, -0.15) is 0 Å². The minimum Gasteiger partial charge on any atom is -0.495 e. The summed E-state index contributed by atoms with van der Waals surface area (Å²) in [6.45, 7) is 3.65. The van der Waals surface area contributed by atoms with E-state index in [0.717, 1.165) is 84.0 Å². The maximum absolute atomic E-state index is 13.7. The van der Waals surface area contributed by atoms with E-state index in [4.69, 9.17) is 9.57 Å². The topological polar surface area (TPSA) is 51.9 Å². The van der Waals surface area contributed by atoms with Crippen LogP contribution in [0.5, 0.6) is 5.75 Å². The van der Waals surface area contributed by atoms with Gasteiger partial charge in [-0.15, -0.1) is 0 Å². The normalized spacial score (nSPS) is 22.4. The van der Waals surface area contributed by atoms with Crippen LogP contribution in [0.4, 0.5) is 4.39 Å². The van der Waals surface area contributed by atoms with E-state index < -0.39 is 5.60 Å². The second kappa shape index (κ2) is 8.01. The number of aromatic nitrogens is 2. The number of nitrogens with zero attached hydrogens (tertiary/aromatic N) is 4. The minimum atomic E-state index is -0.483. The smallest absolute Gasteiger partial charge is 0.180 e. The van der Waals surface area contributed by atoms with Crippen LogP contribution in [0.1, 0.15) is 41.6 Å². The molecule has 2 aliphatic heterocycles. The van der Waals surface area contributed by atoms with Gasteiger partial charge < -0.3 is 19.0 Å². The SMILES string of the molecule is COc1cc(/C=C2\CCCN3CC4(CCc5cc(F)ccc54)ON=C23)ccc1-n1cnc(C)c1. The van der Waals surface area contributed by atoms with Crippen molar-refractivity contribution in [2.75, 3.05) is 20.2 Å². The molecule has 1 unspecified atom stereocenters. The van der Waals surface area contributed by atoms with Crippen LogP contribution in [0, 0.1) is 12.7 Å². The Morgan fingerprint density at radius 3 is 2.91 bits per heavy atom. The lowest BCUT2D eigenvalue weighted by molar-refractivity contribution is -0.0781. The number of imidazole rings is 1. The Bertz CT molecular complexity index is 1330. The number of aryl methyl sites for hydroxylation is 2. The highest BCUT2D eigenvalue weighted by Gasteiger charge is 2.47. The number of ether oxygens (including phenoxy) is 1. The molecule has 1 atom stereocenters. The lowest BCUT2D eigenvalue weighted by Crippen LogP contribution is -2.50. The van der Waals surface area contributed by atoms with Crippen LogP contribution < -0.4 is 4.74 Å². The molecule has 1 spiro atoms. The lowest BCUT2D eigenvalue weighted by atomic mass is 9.92. The Kier molecular flexibility index (Phi) is 4.94. The summed E-state index contributed by atoms with van der Waals surface area (Å²) in [6.07, 6.45) is 9.59. The first-order chi connectivity index (χ1) is 16.5. The Morgan fingerprint density at radius 2 is 2.09 bits per heavy atom. The molecule has 34 heavy (non-hydrogen) atoms. The third-order valence-corrected chi connectivity index (χ3v) is 7.10. The van der Waals surface area contributed by atoms with Crippen LogP contribution in [0.15, 0.2) is 59.7 Å². The number of methoxy groups -OCH3 is 1. The lowest BCUT2D eigenvalue weighted by Gasteiger charge is -2.42. The van der Waals surface area contributed by atoms with Crippen LogP contribution in [-0.4, -0.2) is 40.5 Å². The quantitative estimate of drug-likeness (QED) is 0.555. The Labute approximate surface area is 198 Å². The third kappa shape index (κ3) is 3.47. The number of hydrogen-bond acceptors (Lipinski definition) is 5. The highest BCUT2D eigenvalue weighted by atomic mass is 19.1. The van der Waals surface area contributed by atoms with E-state index in [1.807, 2.05) is 29.8 Å². The Balaban J connectivity index is 1.31. The van der Waals surface area contributed by atoms with E-state index in [0.29, 0.717) is 0 Å². The Morgan fingerprint density at radius 1 is 1.18 bits per heavy atom. The molecule has 0 N–H and O–H groups in total. The highest BCUT2D eigenvalue weighted by molar-refractivity contribution is 6.02. The van der Waals surface area contributed by atoms with Gasteiger partial charge in [0, 0.05) is 18.3 Å². The second-order valence-electron chi connectivity index (χ2n) is 9.35. The number of oxime groups is 1. The van der Waals surface area contributed by atoms with Gasteiger partial charge in [0.2, 0.25) is 0 Å². The van der Waals surface area contributed by atoms with Crippen LogP contribution >= 0.6 is 0 Å². The molecular formula is C27H27FN4O2. The molecular weight excluding hydrogens is 431 g/mol. The van der Waals surface area contributed by atoms with Crippen molar-refractivity contribution in [3.63, 3.8) is 0 Å². The van der Waals surface area contributed by atoms with Gasteiger partial charge in [-0.3, -0.25) is 0 Å². The Hall–Kier alpha value is -3.61. The van der Waals surface area contributed by atoms with Gasteiger partial charge in [-0.05, 0) is 79.6 Å². The van der Waals surface area contributed by atoms with E-state index in [-0.39, 0.29) is 5.82 Å². The predicted octanol–water partition coefficient (Wildman–Crippen LogP) is 4.99. The van der Waals surface area contributed by atoms with Gasteiger partial charge in [-0.1, -0.05) is 17.3 Å². The molecule has 0 bridgehead atoms. The van der Waals surface area contributed by atoms with Crippen molar-refractivity contribution >= 4 is 11.9 Å². The largest absolute Gasteiger partial charge is 0.495 e. The third-order valence-electron chi connectivity index (χ3n) is 7.10. The van der Waals surface area contributed by atoms with E-state index in [1.165, 1.54) is 6.07 Å².